The van der Waals surface area contributed by atoms with Gasteiger partial charge < -0.3 is 10.6 Å². The first-order valence-corrected chi connectivity index (χ1v) is 12.6. The van der Waals surface area contributed by atoms with Crippen molar-refractivity contribution in [2.45, 2.75) is 38.1 Å². The molecule has 2 amide bonds. The van der Waals surface area contributed by atoms with Crippen LogP contribution in [0.3, 0.4) is 0 Å². The molecular formula is C28H29N5O2S. The van der Waals surface area contributed by atoms with Crippen LogP contribution in [0, 0.1) is 20.8 Å². The smallest absolute Gasteiger partial charge is 0.243 e. The highest BCUT2D eigenvalue weighted by Gasteiger charge is 2.22. The first-order valence-electron chi connectivity index (χ1n) is 11.7. The maximum Gasteiger partial charge on any atom is 0.243 e. The van der Waals surface area contributed by atoms with Gasteiger partial charge >= 0.3 is 0 Å². The predicted octanol–water partition coefficient (Wildman–Crippen LogP) is 5.10. The summed E-state index contributed by atoms with van der Waals surface area (Å²) in [4.78, 5) is 25.3. The molecule has 184 valence electrons. The highest BCUT2D eigenvalue weighted by atomic mass is 32.2. The summed E-state index contributed by atoms with van der Waals surface area (Å²) in [5.41, 5.74) is 5.71. The van der Waals surface area contributed by atoms with Gasteiger partial charge in [-0.25, -0.2) is 0 Å². The molecule has 1 atom stereocenters. The minimum absolute atomic E-state index is 0.114. The van der Waals surface area contributed by atoms with Crippen LogP contribution in [0.1, 0.15) is 23.6 Å². The molecule has 1 aromatic heterocycles. The molecular weight excluding hydrogens is 470 g/mol. The van der Waals surface area contributed by atoms with E-state index in [0.717, 1.165) is 33.6 Å². The Morgan fingerprint density at radius 3 is 2.22 bits per heavy atom. The Balaban J connectivity index is 1.47. The van der Waals surface area contributed by atoms with E-state index in [4.69, 9.17) is 0 Å². The van der Waals surface area contributed by atoms with Gasteiger partial charge in [0.05, 0.1) is 11.8 Å². The lowest BCUT2D eigenvalue weighted by molar-refractivity contribution is -0.123. The third-order valence-electron chi connectivity index (χ3n) is 5.78. The molecule has 3 aromatic carbocycles. The van der Waals surface area contributed by atoms with E-state index in [1.54, 1.807) is 6.92 Å². The lowest BCUT2D eigenvalue weighted by Gasteiger charge is -2.15. The van der Waals surface area contributed by atoms with Gasteiger partial charge in [-0.05, 0) is 51.0 Å². The third kappa shape index (κ3) is 5.83. The summed E-state index contributed by atoms with van der Waals surface area (Å²) in [6.07, 6.45) is 0. The van der Waals surface area contributed by atoms with Crippen LogP contribution in [0.2, 0.25) is 0 Å². The van der Waals surface area contributed by atoms with E-state index < -0.39 is 5.25 Å². The molecule has 1 heterocycles. The molecule has 0 saturated heterocycles. The van der Waals surface area contributed by atoms with E-state index >= 15 is 0 Å². The molecule has 4 aromatic rings. The van der Waals surface area contributed by atoms with Crippen LogP contribution in [0.4, 0.5) is 5.69 Å². The summed E-state index contributed by atoms with van der Waals surface area (Å²) in [7, 11) is 0. The number of thioether (sulfide) groups is 1. The zero-order valence-corrected chi connectivity index (χ0v) is 21.6. The minimum Gasteiger partial charge on any atom is -0.346 e. The number of amides is 2. The van der Waals surface area contributed by atoms with Gasteiger partial charge in [0.2, 0.25) is 11.8 Å². The molecule has 0 bridgehead atoms. The predicted molar refractivity (Wildman–Crippen MR) is 144 cm³/mol. The Kier molecular flexibility index (Phi) is 7.85. The van der Waals surface area contributed by atoms with Gasteiger partial charge in [-0.2, -0.15) is 0 Å². The van der Waals surface area contributed by atoms with E-state index in [0.29, 0.717) is 11.0 Å². The first-order chi connectivity index (χ1) is 17.3. The van der Waals surface area contributed by atoms with Crippen LogP contribution in [-0.2, 0) is 9.59 Å². The highest BCUT2D eigenvalue weighted by Crippen LogP contribution is 2.30. The largest absolute Gasteiger partial charge is 0.346 e. The highest BCUT2D eigenvalue weighted by molar-refractivity contribution is 8.00. The molecule has 4 rings (SSSR count). The molecule has 0 aliphatic carbocycles. The average Bonchev–Trinajstić information content (AvgIpc) is 3.29. The number of carbonyl (C=O) groups is 2. The van der Waals surface area contributed by atoms with Crippen LogP contribution < -0.4 is 10.6 Å². The van der Waals surface area contributed by atoms with E-state index in [2.05, 4.69) is 20.8 Å². The number of rotatable bonds is 8. The quantitative estimate of drug-likeness (QED) is 0.330. The maximum absolute atomic E-state index is 12.8. The number of aryl methyl sites for hydroxylation is 3. The number of anilines is 1. The third-order valence-corrected chi connectivity index (χ3v) is 6.82. The molecule has 2 N–H and O–H groups in total. The maximum atomic E-state index is 12.8. The summed E-state index contributed by atoms with van der Waals surface area (Å²) in [5.74, 6) is 0.172. The second-order valence-electron chi connectivity index (χ2n) is 8.64. The zero-order valence-electron chi connectivity index (χ0n) is 20.8. The van der Waals surface area contributed by atoms with E-state index in [-0.39, 0.29) is 18.4 Å². The van der Waals surface area contributed by atoms with Crippen molar-refractivity contribution < 1.29 is 9.59 Å². The summed E-state index contributed by atoms with van der Waals surface area (Å²) in [5, 5.41) is 14.6. The van der Waals surface area contributed by atoms with Crippen molar-refractivity contribution in [3.8, 4) is 17.1 Å². The molecule has 0 saturated carbocycles. The Bertz CT molecular complexity index is 1350. The van der Waals surface area contributed by atoms with Crippen molar-refractivity contribution in [1.82, 2.24) is 20.1 Å². The standard InChI is InChI=1S/C28H29N5O2S/c1-18-13-15-23(16-14-18)33-26(22-11-6-5-7-12-22)31-32-28(33)36-21(4)27(35)29-17-24(34)30-25-19(2)9-8-10-20(25)3/h5-16,21H,17H2,1-4H3,(H,29,35)(H,30,34). The average molecular weight is 500 g/mol. The Morgan fingerprint density at radius 2 is 1.56 bits per heavy atom. The fraction of sp³-hybridized carbons (Fsp3) is 0.214. The normalized spacial score (nSPS) is 11.7. The molecule has 8 heteroatoms. The molecule has 0 spiro atoms. The van der Waals surface area contributed by atoms with Gasteiger partial charge in [0.1, 0.15) is 0 Å². The van der Waals surface area contributed by atoms with Gasteiger partial charge in [0, 0.05) is 16.9 Å². The summed E-state index contributed by atoms with van der Waals surface area (Å²) in [6.45, 7) is 7.59. The van der Waals surface area contributed by atoms with Crippen LogP contribution in [0.15, 0.2) is 78.0 Å². The fourth-order valence-corrected chi connectivity index (χ4v) is 4.66. The van der Waals surface area contributed by atoms with Gasteiger partial charge in [0.25, 0.3) is 0 Å². The summed E-state index contributed by atoms with van der Waals surface area (Å²) < 4.78 is 1.96. The molecule has 0 fully saturated rings. The lowest BCUT2D eigenvalue weighted by Crippen LogP contribution is -2.37. The zero-order chi connectivity index (χ0) is 25.7. The van der Waals surface area contributed by atoms with Crippen molar-refractivity contribution in [2.75, 3.05) is 11.9 Å². The monoisotopic (exact) mass is 499 g/mol. The molecule has 0 aliphatic heterocycles. The van der Waals surface area contributed by atoms with Crippen molar-refractivity contribution in [3.05, 3.63) is 89.5 Å². The van der Waals surface area contributed by atoms with E-state index in [9.17, 15) is 9.59 Å². The number of para-hydroxylation sites is 1. The Labute approximate surface area is 215 Å². The van der Waals surface area contributed by atoms with Crippen LogP contribution >= 0.6 is 11.8 Å². The summed E-state index contributed by atoms with van der Waals surface area (Å²) in [6, 6.07) is 23.7. The number of nitrogens with zero attached hydrogens (tertiary/aromatic N) is 3. The topological polar surface area (TPSA) is 88.9 Å². The Hall–Kier alpha value is -3.91. The second kappa shape index (κ2) is 11.2. The number of hydrogen-bond donors (Lipinski definition) is 2. The van der Waals surface area contributed by atoms with E-state index in [1.165, 1.54) is 11.8 Å². The van der Waals surface area contributed by atoms with Crippen LogP contribution in [0.5, 0.6) is 0 Å². The SMILES string of the molecule is Cc1ccc(-n2c(SC(C)C(=O)NCC(=O)Nc3c(C)cccc3C)nnc2-c2ccccc2)cc1. The molecule has 7 nitrogen and oxygen atoms in total. The minimum atomic E-state index is -0.491. The van der Waals surface area contributed by atoms with Crippen LogP contribution in [-0.4, -0.2) is 38.4 Å². The first kappa shape index (κ1) is 25.2. The van der Waals surface area contributed by atoms with E-state index in [1.807, 2.05) is 98.1 Å². The van der Waals surface area contributed by atoms with Crippen molar-refractivity contribution in [2.24, 2.45) is 0 Å². The molecule has 1 unspecified atom stereocenters. The number of benzene rings is 3. The van der Waals surface area contributed by atoms with Gasteiger partial charge in [-0.15, -0.1) is 10.2 Å². The summed E-state index contributed by atoms with van der Waals surface area (Å²) >= 11 is 1.30. The number of hydrogen-bond acceptors (Lipinski definition) is 5. The Morgan fingerprint density at radius 1 is 0.889 bits per heavy atom. The number of aromatic nitrogens is 3. The van der Waals surface area contributed by atoms with Crippen molar-refractivity contribution in [1.29, 1.82) is 0 Å². The number of nitrogens with one attached hydrogen (secondary N) is 2. The van der Waals surface area contributed by atoms with Gasteiger partial charge in [-0.1, -0.05) is 78.0 Å². The van der Waals surface area contributed by atoms with Crippen LogP contribution in [0.25, 0.3) is 17.1 Å². The number of carbonyl (C=O) groups excluding carboxylic acids is 2. The fourth-order valence-electron chi connectivity index (χ4n) is 3.77. The van der Waals surface area contributed by atoms with Crippen molar-refractivity contribution in [3.63, 3.8) is 0 Å². The van der Waals surface area contributed by atoms with Gasteiger partial charge in [0.15, 0.2) is 11.0 Å². The molecule has 0 radical (unpaired) electrons. The van der Waals surface area contributed by atoms with Crippen molar-refractivity contribution >= 4 is 29.3 Å². The second-order valence-corrected chi connectivity index (χ2v) is 9.94. The van der Waals surface area contributed by atoms with Gasteiger partial charge in [-0.3, -0.25) is 14.2 Å². The molecule has 36 heavy (non-hydrogen) atoms. The lowest BCUT2D eigenvalue weighted by atomic mass is 10.1. The molecule has 0 aliphatic rings.